The second kappa shape index (κ2) is 5.15. The number of aryl methyl sites for hydroxylation is 1. The first-order valence-electron chi connectivity index (χ1n) is 4.34. The van der Waals surface area contributed by atoms with Gasteiger partial charge in [0.1, 0.15) is 0 Å². The van der Waals surface area contributed by atoms with Crippen LogP contribution in [0.15, 0.2) is 18.3 Å². The molecule has 0 saturated heterocycles. The van der Waals surface area contributed by atoms with E-state index in [4.69, 9.17) is 6.42 Å². The van der Waals surface area contributed by atoms with Crippen LogP contribution in [0.3, 0.4) is 0 Å². The quantitative estimate of drug-likeness (QED) is 0.431. The number of rotatable bonds is 4. The van der Waals surface area contributed by atoms with Gasteiger partial charge in [0.05, 0.1) is 13.1 Å². The smallest absolute Gasteiger partial charge is 0.178 e. The summed E-state index contributed by atoms with van der Waals surface area (Å²) >= 11 is 0. The molecular weight excluding hydrogens is 176 g/mol. The zero-order valence-corrected chi connectivity index (χ0v) is 8.08. The van der Waals surface area contributed by atoms with Crippen molar-refractivity contribution in [3.63, 3.8) is 0 Å². The molecule has 72 valence electrons. The molecular formula is C11H12N2O. The first-order chi connectivity index (χ1) is 6.74. The maximum absolute atomic E-state index is 11.5. The van der Waals surface area contributed by atoms with Crippen LogP contribution in [0.4, 0.5) is 0 Å². The Morgan fingerprint density at radius 2 is 2.43 bits per heavy atom. The van der Waals surface area contributed by atoms with Crippen LogP contribution in [-0.2, 0) is 0 Å². The Kier molecular flexibility index (Phi) is 3.84. The Morgan fingerprint density at radius 1 is 1.64 bits per heavy atom. The summed E-state index contributed by atoms with van der Waals surface area (Å²) in [5.74, 6) is 2.41. The zero-order valence-electron chi connectivity index (χ0n) is 8.08. The van der Waals surface area contributed by atoms with Crippen LogP contribution in [0.25, 0.3) is 0 Å². The van der Waals surface area contributed by atoms with E-state index in [1.54, 1.807) is 12.3 Å². The lowest BCUT2D eigenvalue weighted by atomic mass is 10.2. The second-order valence-electron chi connectivity index (χ2n) is 2.92. The molecule has 0 aliphatic rings. The predicted molar refractivity (Wildman–Crippen MR) is 55.0 cm³/mol. The van der Waals surface area contributed by atoms with E-state index in [1.165, 1.54) is 0 Å². The molecule has 0 radical (unpaired) electrons. The van der Waals surface area contributed by atoms with Crippen LogP contribution >= 0.6 is 0 Å². The number of nitrogens with zero attached hydrogens (tertiary/aromatic N) is 1. The van der Waals surface area contributed by atoms with Crippen molar-refractivity contribution in [3.8, 4) is 12.3 Å². The summed E-state index contributed by atoms with van der Waals surface area (Å²) in [6, 6.07) is 3.58. The van der Waals surface area contributed by atoms with Gasteiger partial charge in [-0.3, -0.25) is 15.1 Å². The first-order valence-corrected chi connectivity index (χ1v) is 4.34. The third-order valence-electron chi connectivity index (χ3n) is 1.75. The molecule has 1 aromatic rings. The number of pyridine rings is 1. The molecule has 0 unspecified atom stereocenters. The van der Waals surface area contributed by atoms with Crippen molar-refractivity contribution in [1.29, 1.82) is 0 Å². The van der Waals surface area contributed by atoms with E-state index in [1.807, 2.05) is 13.0 Å². The molecule has 0 aromatic carbocycles. The molecule has 3 nitrogen and oxygen atoms in total. The Hall–Kier alpha value is -1.66. The second-order valence-corrected chi connectivity index (χ2v) is 2.92. The molecule has 0 atom stereocenters. The minimum absolute atomic E-state index is 0.00718. The summed E-state index contributed by atoms with van der Waals surface area (Å²) in [5, 5.41) is 2.83. The van der Waals surface area contributed by atoms with E-state index in [-0.39, 0.29) is 12.3 Å². The van der Waals surface area contributed by atoms with Gasteiger partial charge in [-0.05, 0) is 19.1 Å². The number of Topliss-reactive ketones (excluding diaryl/α,β-unsaturated/α-hetero) is 1. The highest BCUT2D eigenvalue weighted by atomic mass is 16.1. The highest BCUT2D eigenvalue weighted by molar-refractivity contribution is 5.97. The van der Waals surface area contributed by atoms with Gasteiger partial charge >= 0.3 is 0 Å². The van der Waals surface area contributed by atoms with Crippen molar-refractivity contribution in [2.24, 2.45) is 0 Å². The highest BCUT2D eigenvalue weighted by Crippen LogP contribution is 1.99. The standard InChI is InChI=1S/C11H12N2O/c1-3-6-12-8-11(14)10-5-4-9(2)13-7-10/h1,4-5,7,12H,6,8H2,2H3. The molecule has 1 heterocycles. The summed E-state index contributed by atoms with van der Waals surface area (Å²) in [5.41, 5.74) is 1.51. The third kappa shape index (κ3) is 3.00. The molecule has 0 aliphatic heterocycles. The van der Waals surface area contributed by atoms with Crippen molar-refractivity contribution in [2.45, 2.75) is 6.92 Å². The number of nitrogens with one attached hydrogen (secondary N) is 1. The SMILES string of the molecule is C#CCNCC(=O)c1ccc(C)nc1. The summed E-state index contributed by atoms with van der Waals surface area (Å²) in [4.78, 5) is 15.5. The van der Waals surface area contributed by atoms with Crippen LogP contribution in [-0.4, -0.2) is 23.9 Å². The molecule has 1 aromatic heterocycles. The van der Waals surface area contributed by atoms with E-state index in [0.29, 0.717) is 12.1 Å². The Balaban J connectivity index is 2.53. The molecule has 3 heteroatoms. The van der Waals surface area contributed by atoms with Crippen LogP contribution < -0.4 is 5.32 Å². The fourth-order valence-corrected chi connectivity index (χ4v) is 0.983. The number of carbonyl (C=O) groups is 1. The summed E-state index contributed by atoms with van der Waals surface area (Å²) in [6.45, 7) is 2.55. The maximum atomic E-state index is 11.5. The third-order valence-corrected chi connectivity index (χ3v) is 1.75. The van der Waals surface area contributed by atoms with Crippen LogP contribution in [0.5, 0.6) is 0 Å². The molecule has 0 spiro atoms. The number of carbonyl (C=O) groups excluding carboxylic acids is 1. The zero-order chi connectivity index (χ0) is 10.4. The lowest BCUT2D eigenvalue weighted by Gasteiger charge is -2.00. The minimum atomic E-state index is 0.00718. The lowest BCUT2D eigenvalue weighted by Crippen LogP contribution is -2.23. The van der Waals surface area contributed by atoms with E-state index >= 15 is 0 Å². The van der Waals surface area contributed by atoms with Crippen molar-refractivity contribution in [2.75, 3.05) is 13.1 Å². The van der Waals surface area contributed by atoms with Gasteiger partial charge in [0.15, 0.2) is 5.78 Å². The van der Waals surface area contributed by atoms with E-state index in [9.17, 15) is 4.79 Å². The Morgan fingerprint density at radius 3 is 3.00 bits per heavy atom. The Labute approximate surface area is 83.6 Å². The van der Waals surface area contributed by atoms with Gasteiger partial charge in [0, 0.05) is 17.5 Å². The van der Waals surface area contributed by atoms with Gasteiger partial charge in [-0.1, -0.05) is 5.92 Å². The van der Waals surface area contributed by atoms with Crippen molar-refractivity contribution >= 4 is 5.78 Å². The fourth-order valence-electron chi connectivity index (χ4n) is 0.983. The summed E-state index contributed by atoms with van der Waals surface area (Å²) < 4.78 is 0. The van der Waals surface area contributed by atoms with Crippen LogP contribution in [0.2, 0.25) is 0 Å². The largest absolute Gasteiger partial charge is 0.299 e. The van der Waals surface area contributed by atoms with Gasteiger partial charge in [-0.15, -0.1) is 6.42 Å². The normalized spacial score (nSPS) is 9.43. The molecule has 0 aliphatic carbocycles. The highest BCUT2D eigenvalue weighted by Gasteiger charge is 2.04. The van der Waals surface area contributed by atoms with Crippen molar-refractivity contribution in [3.05, 3.63) is 29.6 Å². The van der Waals surface area contributed by atoms with Gasteiger partial charge in [0.2, 0.25) is 0 Å². The van der Waals surface area contributed by atoms with Crippen molar-refractivity contribution in [1.82, 2.24) is 10.3 Å². The van der Waals surface area contributed by atoms with Crippen molar-refractivity contribution < 1.29 is 4.79 Å². The lowest BCUT2D eigenvalue weighted by molar-refractivity contribution is 0.0992. The van der Waals surface area contributed by atoms with E-state index in [2.05, 4.69) is 16.2 Å². The van der Waals surface area contributed by atoms with Crippen LogP contribution in [0.1, 0.15) is 16.1 Å². The summed E-state index contributed by atoms with van der Waals surface area (Å²) in [7, 11) is 0. The van der Waals surface area contributed by atoms with Gasteiger partial charge < -0.3 is 0 Å². The minimum Gasteiger partial charge on any atom is -0.299 e. The molecule has 0 saturated carbocycles. The average Bonchev–Trinajstić information content (AvgIpc) is 2.19. The number of hydrogen-bond acceptors (Lipinski definition) is 3. The van der Waals surface area contributed by atoms with E-state index in [0.717, 1.165) is 5.69 Å². The first kappa shape index (κ1) is 10.4. The fraction of sp³-hybridized carbons (Fsp3) is 0.273. The predicted octanol–water partition coefficient (Wildman–Crippen LogP) is 0.796. The maximum Gasteiger partial charge on any atom is 0.178 e. The molecule has 1 rings (SSSR count). The van der Waals surface area contributed by atoms with Gasteiger partial charge in [-0.25, -0.2) is 0 Å². The summed E-state index contributed by atoms with van der Waals surface area (Å²) in [6.07, 6.45) is 6.62. The topological polar surface area (TPSA) is 42.0 Å². The van der Waals surface area contributed by atoms with Gasteiger partial charge in [0.25, 0.3) is 0 Å². The monoisotopic (exact) mass is 188 g/mol. The van der Waals surface area contributed by atoms with Gasteiger partial charge in [-0.2, -0.15) is 0 Å². The molecule has 0 amide bonds. The molecule has 14 heavy (non-hydrogen) atoms. The average molecular weight is 188 g/mol. The van der Waals surface area contributed by atoms with E-state index < -0.39 is 0 Å². The molecule has 0 fully saturated rings. The molecule has 0 bridgehead atoms. The molecule has 1 N–H and O–H groups in total. The Bertz CT molecular complexity index is 349. The number of terminal acetylenes is 1. The number of hydrogen-bond donors (Lipinski definition) is 1. The van der Waals surface area contributed by atoms with Crippen LogP contribution in [0, 0.1) is 19.3 Å². The number of aromatic nitrogens is 1. The number of ketones is 1.